The molecule has 0 unspecified atom stereocenters. The van der Waals surface area contributed by atoms with E-state index in [1.807, 2.05) is 19.2 Å². The molecular formula is C20H22N2O. The van der Waals surface area contributed by atoms with Crippen LogP contribution in [0.25, 0.3) is 11.3 Å². The number of nitrogens with one attached hydrogen (secondary N) is 1. The fourth-order valence-corrected chi connectivity index (χ4v) is 2.94. The van der Waals surface area contributed by atoms with Crippen molar-refractivity contribution in [2.45, 2.75) is 13.1 Å². The zero-order valence-corrected chi connectivity index (χ0v) is 13.6. The summed E-state index contributed by atoms with van der Waals surface area (Å²) in [6.45, 7) is 1.61. The summed E-state index contributed by atoms with van der Waals surface area (Å²) < 4.78 is 8.01. The molecule has 0 atom stereocenters. The second-order valence-corrected chi connectivity index (χ2v) is 5.55. The molecule has 0 saturated carbocycles. The van der Waals surface area contributed by atoms with Crippen LogP contribution < -0.4 is 10.1 Å². The average molecular weight is 306 g/mol. The maximum Gasteiger partial charge on any atom is 0.149 e. The van der Waals surface area contributed by atoms with Crippen LogP contribution >= 0.6 is 0 Å². The van der Waals surface area contributed by atoms with Crippen molar-refractivity contribution in [3.8, 4) is 17.0 Å². The van der Waals surface area contributed by atoms with Crippen LogP contribution in [0.1, 0.15) is 11.1 Å². The summed E-state index contributed by atoms with van der Waals surface area (Å²) in [4.78, 5) is 0. The van der Waals surface area contributed by atoms with E-state index in [9.17, 15) is 0 Å². The third-order valence-electron chi connectivity index (χ3n) is 3.92. The molecule has 3 nitrogen and oxygen atoms in total. The fourth-order valence-electron chi connectivity index (χ4n) is 2.94. The number of benzene rings is 2. The molecule has 0 amide bonds. The largest absolute Gasteiger partial charge is 0.494 e. The van der Waals surface area contributed by atoms with E-state index in [-0.39, 0.29) is 0 Å². The summed E-state index contributed by atoms with van der Waals surface area (Å²) >= 11 is 0. The molecule has 23 heavy (non-hydrogen) atoms. The Bertz CT molecular complexity index is 748. The number of nitrogens with zero attached hydrogens (tertiary/aromatic N) is 1. The number of hydrogen-bond acceptors (Lipinski definition) is 2. The van der Waals surface area contributed by atoms with Gasteiger partial charge in [0.05, 0.1) is 12.8 Å². The standard InChI is InChI=1S/C20H22N2O/c1-21-13-18-15-22(14-16-9-5-3-6-10-16)19(20(18)23-2)17-11-7-4-8-12-17/h3-12,15,21H,13-14H2,1-2H3. The van der Waals surface area contributed by atoms with Crippen molar-refractivity contribution in [1.29, 1.82) is 0 Å². The number of aromatic nitrogens is 1. The van der Waals surface area contributed by atoms with Crippen molar-refractivity contribution in [3.05, 3.63) is 78.0 Å². The third kappa shape index (κ3) is 3.30. The summed E-state index contributed by atoms with van der Waals surface area (Å²) in [5.74, 6) is 0.946. The highest BCUT2D eigenvalue weighted by Gasteiger charge is 2.17. The van der Waals surface area contributed by atoms with Gasteiger partial charge in [-0.15, -0.1) is 0 Å². The van der Waals surface area contributed by atoms with Gasteiger partial charge in [0.1, 0.15) is 5.75 Å². The molecule has 3 aromatic rings. The van der Waals surface area contributed by atoms with E-state index in [2.05, 4.69) is 64.6 Å². The van der Waals surface area contributed by atoms with Gasteiger partial charge in [0, 0.05) is 30.4 Å². The van der Waals surface area contributed by atoms with Gasteiger partial charge in [-0.25, -0.2) is 0 Å². The monoisotopic (exact) mass is 306 g/mol. The van der Waals surface area contributed by atoms with Crippen LogP contribution in [0.3, 0.4) is 0 Å². The quantitative estimate of drug-likeness (QED) is 0.747. The molecule has 0 radical (unpaired) electrons. The fraction of sp³-hybridized carbons (Fsp3) is 0.200. The van der Waals surface area contributed by atoms with Crippen molar-refractivity contribution in [1.82, 2.24) is 9.88 Å². The third-order valence-corrected chi connectivity index (χ3v) is 3.92. The summed E-state index contributed by atoms with van der Waals surface area (Å²) in [5, 5.41) is 3.22. The molecule has 0 aliphatic rings. The maximum atomic E-state index is 5.74. The molecule has 3 rings (SSSR count). The van der Waals surface area contributed by atoms with Crippen LogP contribution in [-0.4, -0.2) is 18.7 Å². The van der Waals surface area contributed by atoms with E-state index in [1.165, 1.54) is 16.7 Å². The number of rotatable bonds is 6. The first kappa shape index (κ1) is 15.4. The lowest BCUT2D eigenvalue weighted by Crippen LogP contribution is -2.05. The van der Waals surface area contributed by atoms with Gasteiger partial charge in [0.25, 0.3) is 0 Å². The van der Waals surface area contributed by atoms with Gasteiger partial charge in [-0.2, -0.15) is 0 Å². The molecule has 0 bridgehead atoms. The number of ether oxygens (including phenoxy) is 1. The van der Waals surface area contributed by atoms with Gasteiger partial charge in [-0.1, -0.05) is 60.7 Å². The second-order valence-electron chi connectivity index (χ2n) is 5.55. The predicted octanol–water partition coefficient (Wildman–Crippen LogP) is 3.93. The molecule has 0 saturated heterocycles. The lowest BCUT2D eigenvalue weighted by Gasteiger charge is -2.11. The van der Waals surface area contributed by atoms with Crippen LogP contribution in [0.2, 0.25) is 0 Å². The molecule has 1 aromatic heterocycles. The Morgan fingerprint density at radius 2 is 1.61 bits per heavy atom. The minimum Gasteiger partial charge on any atom is -0.494 e. The Morgan fingerprint density at radius 1 is 0.957 bits per heavy atom. The zero-order valence-electron chi connectivity index (χ0n) is 13.6. The van der Waals surface area contributed by atoms with Gasteiger partial charge in [0.15, 0.2) is 0 Å². The number of hydrogen-bond donors (Lipinski definition) is 1. The Kier molecular flexibility index (Phi) is 4.79. The van der Waals surface area contributed by atoms with E-state index in [1.54, 1.807) is 7.11 Å². The average Bonchev–Trinajstić information content (AvgIpc) is 2.94. The van der Waals surface area contributed by atoms with Crippen LogP contribution in [0.5, 0.6) is 5.75 Å². The van der Waals surface area contributed by atoms with E-state index in [0.717, 1.165) is 24.5 Å². The van der Waals surface area contributed by atoms with E-state index in [4.69, 9.17) is 4.74 Å². The lowest BCUT2D eigenvalue weighted by molar-refractivity contribution is 0.410. The molecule has 0 fully saturated rings. The Hall–Kier alpha value is -2.52. The smallest absolute Gasteiger partial charge is 0.149 e. The Balaban J connectivity index is 2.10. The molecule has 118 valence electrons. The highest BCUT2D eigenvalue weighted by atomic mass is 16.5. The molecule has 0 aliphatic carbocycles. The molecule has 0 aliphatic heterocycles. The topological polar surface area (TPSA) is 26.2 Å². The van der Waals surface area contributed by atoms with Crippen molar-refractivity contribution in [2.75, 3.05) is 14.2 Å². The minimum atomic E-state index is 0.783. The SMILES string of the molecule is CNCc1cn(Cc2ccccc2)c(-c2ccccc2)c1OC. The van der Waals surface area contributed by atoms with Crippen molar-refractivity contribution in [3.63, 3.8) is 0 Å². The minimum absolute atomic E-state index is 0.783. The summed E-state index contributed by atoms with van der Waals surface area (Å²) in [6, 6.07) is 20.9. The van der Waals surface area contributed by atoms with Gasteiger partial charge in [0.2, 0.25) is 0 Å². The normalized spacial score (nSPS) is 10.7. The second kappa shape index (κ2) is 7.16. The summed E-state index contributed by atoms with van der Waals surface area (Å²) in [5.41, 5.74) is 4.74. The van der Waals surface area contributed by atoms with E-state index >= 15 is 0 Å². The predicted molar refractivity (Wildman–Crippen MR) is 94.7 cm³/mol. The molecule has 3 heteroatoms. The summed E-state index contributed by atoms with van der Waals surface area (Å²) in [6.07, 6.45) is 2.19. The van der Waals surface area contributed by atoms with E-state index in [0.29, 0.717) is 0 Å². The van der Waals surface area contributed by atoms with Gasteiger partial charge < -0.3 is 14.6 Å². The first-order valence-corrected chi connectivity index (χ1v) is 7.83. The molecular weight excluding hydrogens is 284 g/mol. The van der Waals surface area contributed by atoms with Crippen molar-refractivity contribution in [2.24, 2.45) is 0 Å². The van der Waals surface area contributed by atoms with Crippen LogP contribution in [0.15, 0.2) is 66.9 Å². The molecule has 1 N–H and O–H groups in total. The Morgan fingerprint density at radius 3 is 2.22 bits per heavy atom. The van der Waals surface area contributed by atoms with Crippen LogP contribution in [-0.2, 0) is 13.1 Å². The van der Waals surface area contributed by atoms with Crippen molar-refractivity contribution < 1.29 is 4.74 Å². The van der Waals surface area contributed by atoms with Gasteiger partial charge >= 0.3 is 0 Å². The summed E-state index contributed by atoms with van der Waals surface area (Å²) in [7, 11) is 3.70. The maximum absolute atomic E-state index is 5.74. The zero-order chi connectivity index (χ0) is 16.1. The van der Waals surface area contributed by atoms with Crippen molar-refractivity contribution >= 4 is 0 Å². The van der Waals surface area contributed by atoms with Gasteiger partial charge in [-0.05, 0) is 12.6 Å². The van der Waals surface area contributed by atoms with E-state index < -0.39 is 0 Å². The highest BCUT2D eigenvalue weighted by molar-refractivity contribution is 5.70. The van der Waals surface area contributed by atoms with Gasteiger partial charge in [-0.3, -0.25) is 0 Å². The lowest BCUT2D eigenvalue weighted by atomic mass is 10.1. The van der Waals surface area contributed by atoms with Crippen LogP contribution in [0, 0.1) is 0 Å². The molecule has 2 aromatic carbocycles. The first-order chi connectivity index (χ1) is 11.3. The first-order valence-electron chi connectivity index (χ1n) is 7.83. The molecule has 0 spiro atoms. The number of methoxy groups -OCH3 is 1. The molecule has 1 heterocycles. The highest BCUT2D eigenvalue weighted by Crippen LogP contribution is 2.35. The van der Waals surface area contributed by atoms with Crippen LogP contribution in [0.4, 0.5) is 0 Å². The Labute approximate surface area is 137 Å².